The van der Waals surface area contributed by atoms with Crippen LogP contribution in [0.4, 0.5) is 5.69 Å². The largest absolute Gasteiger partial charge is 0.385 e. The van der Waals surface area contributed by atoms with Crippen LogP contribution in [0.3, 0.4) is 0 Å². The van der Waals surface area contributed by atoms with E-state index in [1.165, 1.54) is 0 Å². The standard InChI is InChI=1S/C8H13N3O2/c1-13-4-2-3-8(12)11-7-5-9-10-6-7/h5-6H,2-4H2,1H3,(H,9,10)(H,11,12). The van der Waals surface area contributed by atoms with Crippen molar-refractivity contribution in [2.24, 2.45) is 0 Å². The molecule has 0 unspecified atom stereocenters. The molecule has 1 rings (SSSR count). The Labute approximate surface area is 76.5 Å². The van der Waals surface area contributed by atoms with Gasteiger partial charge in [0, 0.05) is 26.3 Å². The van der Waals surface area contributed by atoms with E-state index >= 15 is 0 Å². The Morgan fingerprint density at radius 3 is 3.23 bits per heavy atom. The molecule has 1 heterocycles. The van der Waals surface area contributed by atoms with Crippen LogP contribution in [0, 0.1) is 0 Å². The van der Waals surface area contributed by atoms with Crippen LogP contribution in [-0.2, 0) is 9.53 Å². The predicted molar refractivity (Wildman–Crippen MR) is 48.3 cm³/mol. The predicted octanol–water partition coefficient (Wildman–Crippen LogP) is 0.775. The van der Waals surface area contributed by atoms with Gasteiger partial charge in [-0.15, -0.1) is 0 Å². The molecule has 0 radical (unpaired) electrons. The van der Waals surface area contributed by atoms with Gasteiger partial charge in [0.1, 0.15) is 0 Å². The lowest BCUT2D eigenvalue weighted by Crippen LogP contribution is -2.11. The highest BCUT2D eigenvalue weighted by Gasteiger charge is 2.01. The van der Waals surface area contributed by atoms with E-state index in [1.54, 1.807) is 19.5 Å². The van der Waals surface area contributed by atoms with Gasteiger partial charge in [0.2, 0.25) is 5.91 Å². The number of rotatable bonds is 5. The number of methoxy groups -OCH3 is 1. The van der Waals surface area contributed by atoms with Gasteiger partial charge in [-0.2, -0.15) is 5.10 Å². The second-order valence-corrected chi connectivity index (χ2v) is 2.63. The molecule has 13 heavy (non-hydrogen) atoms. The summed E-state index contributed by atoms with van der Waals surface area (Å²) in [5.74, 6) is -0.0153. The van der Waals surface area contributed by atoms with E-state index < -0.39 is 0 Å². The number of carbonyl (C=O) groups excluding carboxylic acids is 1. The molecule has 0 aliphatic rings. The Morgan fingerprint density at radius 1 is 1.77 bits per heavy atom. The van der Waals surface area contributed by atoms with Gasteiger partial charge in [-0.05, 0) is 6.42 Å². The molecule has 1 aromatic heterocycles. The van der Waals surface area contributed by atoms with Crippen LogP contribution in [0.1, 0.15) is 12.8 Å². The van der Waals surface area contributed by atoms with Crippen molar-refractivity contribution in [3.63, 3.8) is 0 Å². The lowest BCUT2D eigenvalue weighted by molar-refractivity contribution is -0.116. The van der Waals surface area contributed by atoms with Gasteiger partial charge in [0.05, 0.1) is 11.9 Å². The van der Waals surface area contributed by atoms with Crippen LogP contribution in [0.15, 0.2) is 12.4 Å². The van der Waals surface area contributed by atoms with Gasteiger partial charge < -0.3 is 10.1 Å². The molecule has 0 fully saturated rings. The number of nitrogens with zero attached hydrogens (tertiary/aromatic N) is 1. The highest BCUT2D eigenvalue weighted by atomic mass is 16.5. The number of aromatic amines is 1. The summed E-state index contributed by atoms with van der Waals surface area (Å²) in [5, 5.41) is 9.01. The van der Waals surface area contributed by atoms with Crippen LogP contribution in [0.25, 0.3) is 0 Å². The van der Waals surface area contributed by atoms with E-state index in [-0.39, 0.29) is 5.91 Å². The zero-order chi connectivity index (χ0) is 9.52. The summed E-state index contributed by atoms with van der Waals surface area (Å²) >= 11 is 0. The first-order valence-corrected chi connectivity index (χ1v) is 4.10. The quantitative estimate of drug-likeness (QED) is 0.663. The van der Waals surface area contributed by atoms with Crippen molar-refractivity contribution in [3.8, 4) is 0 Å². The molecule has 1 amide bonds. The van der Waals surface area contributed by atoms with Crippen molar-refractivity contribution in [2.45, 2.75) is 12.8 Å². The first-order chi connectivity index (χ1) is 6.33. The molecule has 0 saturated carbocycles. The number of amides is 1. The molecule has 72 valence electrons. The Morgan fingerprint density at radius 2 is 2.62 bits per heavy atom. The maximum Gasteiger partial charge on any atom is 0.224 e. The summed E-state index contributed by atoms with van der Waals surface area (Å²) in [7, 11) is 1.62. The van der Waals surface area contributed by atoms with Gasteiger partial charge in [-0.1, -0.05) is 0 Å². The van der Waals surface area contributed by atoms with Crippen LogP contribution < -0.4 is 5.32 Å². The number of hydrogen-bond donors (Lipinski definition) is 2. The van der Waals surface area contributed by atoms with E-state index in [9.17, 15) is 4.79 Å². The molecule has 0 aliphatic heterocycles. The fourth-order valence-corrected chi connectivity index (χ4v) is 0.920. The molecular formula is C8H13N3O2. The van der Waals surface area contributed by atoms with Gasteiger partial charge in [0.25, 0.3) is 0 Å². The number of anilines is 1. The summed E-state index contributed by atoms with van der Waals surface area (Å²) in [4.78, 5) is 11.2. The topological polar surface area (TPSA) is 67.0 Å². The zero-order valence-corrected chi connectivity index (χ0v) is 7.54. The van der Waals surface area contributed by atoms with E-state index in [2.05, 4.69) is 15.5 Å². The van der Waals surface area contributed by atoms with Crippen molar-refractivity contribution in [2.75, 3.05) is 19.0 Å². The highest BCUT2D eigenvalue weighted by molar-refractivity contribution is 5.90. The number of aromatic nitrogens is 2. The average molecular weight is 183 g/mol. The third-order valence-electron chi connectivity index (χ3n) is 1.53. The minimum atomic E-state index is -0.0153. The summed E-state index contributed by atoms with van der Waals surface area (Å²) in [6.07, 6.45) is 4.40. The van der Waals surface area contributed by atoms with Crippen LogP contribution in [0.5, 0.6) is 0 Å². The van der Waals surface area contributed by atoms with Gasteiger partial charge in [0.15, 0.2) is 0 Å². The molecule has 0 atom stereocenters. The van der Waals surface area contributed by atoms with Crippen molar-refractivity contribution >= 4 is 11.6 Å². The summed E-state index contributed by atoms with van der Waals surface area (Å²) in [6, 6.07) is 0. The molecule has 5 nitrogen and oxygen atoms in total. The smallest absolute Gasteiger partial charge is 0.224 e. The Kier molecular flexibility index (Phi) is 3.98. The molecule has 0 aromatic carbocycles. The Hall–Kier alpha value is -1.36. The number of carbonyl (C=O) groups is 1. The van der Waals surface area contributed by atoms with Crippen molar-refractivity contribution in [1.29, 1.82) is 0 Å². The fraction of sp³-hybridized carbons (Fsp3) is 0.500. The molecule has 0 spiro atoms. The number of nitrogens with one attached hydrogen (secondary N) is 2. The first kappa shape index (κ1) is 9.73. The van der Waals surface area contributed by atoms with E-state index in [0.717, 1.165) is 6.42 Å². The van der Waals surface area contributed by atoms with E-state index in [0.29, 0.717) is 18.7 Å². The van der Waals surface area contributed by atoms with Gasteiger partial charge in [-0.3, -0.25) is 9.89 Å². The minimum absolute atomic E-state index is 0.0153. The number of H-pyrrole nitrogens is 1. The number of ether oxygens (including phenoxy) is 1. The first-order valence-electron chi connectivity index (χ1n) is 4.10. The Balaban J connectivity index is 2.18. The number of hydrogen-bond acceptors (Lipinski definition) is 3. The maximum absolute atomic E-state index is 11.2. The molecule has 2 N–H and O–H groups in total. The summed E-state index contributed by atoms with van der Waals surface area (Å²) in [5.41, 5.74) is 0.697. The van der Waals surface area contributed by atoms with Crippen molar-refractivity contribution in [3.05, 3.63) is 12.4 Å². The minimum Gasteiger partial charge on any atom is -0.385 e. The Bertz CT molecular complexity index is 246. The second-order valence-electron chi connectivity index (χ2n) is 2.63. The monoisotopic (exact) mass is 183 g/mol. The maximum atomic E-state index is 11.2. The third-order valence-corrected chi connectivity index (χ3v) is 1.53. The van der Waals surface area contributed by atoms with Gasteiger partial charge in [-0.25, -0.2) is 0 Å². The fourth-order valence-electron chi connectivity index (χ4n) is 0.920. The summed E-state index contributed by atoms with van der Waals surface area (Å²) in [6.45, 7) is 0.610. The second kappa shape index (κ2) is 5.31. The van der Waals surface area contributed by atoms with Crippen molar-refractivity contribution in [1.82, 2.24) is 10.2 Å². The van der Waals surface area contributed by atoms with E-state index in [1.807, 2.05) is 0 Å². The summed E-state index contributed by atoms with van der Waals surface area (Å²) < 4.78 is 4.83. The molecule has 5 heteroatoms. The van der Waals surface area contributed by atoms with E-state index in [4.69, 9.17) is 4.74 Å². The highest BCUT2D eigenvalue weighted by Crippen LogP contribution is 2.02. The molecule has 0 aliphatic carbocycles. The van der Waals surface area contributed by atoms with Gasteiger partial charge >= 0.3 is 0 Å². The SMILES string of the molecule is COCCCC(=O)Nc1cn[nH]c1. The molecular weight excluding hydrogens is 170 g/mol. The van der Waals surface area contributed by atoms with Crippen molar-refractivity contribution < 1.29 is 9.53 Å². The molecule has 0 saturated heterocycles. The lowest BCUT2D eigenvalue weighted by atomic mass is 10.3. The zero-order valence-electron chi connectivity index (χ0n) is 7.54. The average Bonchev–Trinajstić information content (AvgIpc) is 2.57. The van der Waals surface area contributed by atoms with Crippen LogP contribution in [0.2, 0.25) is 0 Å². The lowest BCUT2D eigenvalue weighted by Gasteiger charge is -2.00. The normalized spacial score (nSPS) is 9.92. The molecule has 0 bridgehead atoms. The van der Waals surface area contributed by atoms with Crippen LogP contribution >= 0.6 is 0 Å². The molecule has 1 aromatic rings. The van der Waals surface area contributed by atoms with Crippen LogP contribution in [-0.4, -0.2) is 29.8 Å². The third kappa shape index (κ3) is 3.71.